The third-order valence-electron chi connectivity index (χ3n) is 8.54. The molecule has 0 aliphatic carbocycles. The third kappa shape index (κ3) is 7.53. The van der Waals surface area contributed by atoms with Gasteiger partial charge in [0.2, 0.25) is 0 Å². The van der Waals surface area contributed by atoms with E-state index in [9.17, 15) is 9.59 Å². The molecule has 46 heavy (non-hydrogen) atoms. The van der Waals surface area contributed by atoms with Gasteiger partial charge >= 0.3 is 5.97 Å². The topological polar surface area (TPSA) is 83.6 Å². The minimum atomic E-state index is -0.218. The fourth-order valence-electron chi connectivity index (χ4n) is 6.17. The molecule has 1 N–H and O–H groups in total. The third-order valence-corrected chi connectivity index (χ3v) is 8.85. The predicted molar refractivity (Wildman–Crippen MR) is 182 cm³/mol. The first kappa shape index (κ1) is 33.4. The van der Waals surface area contributed by atoms with E-state index in [4.69, 9.17) is 25.8 Å². The molecule has 10 heteroatoms. The summed E-state index contributed by atoms with van der Waals surface area (Å²) in [6, 6.07) is 15.6. The molecule has 0 atom stereocenters. The Morgan fingerprint density at radius 3 is 2.59 bits per heavy atom. The number of halogens is 1. The van der Waals surface area contributed by atoms with Crippen molar-refractivity contribution in [2.45, 2.75) is 71.8 Å². The van der Waals surface area contributed by atoms with Crippen LogP contribution in [0.3, 0.4) is 0 Å². The van der Waals surface area contributed by atoms with Gasteiger partial charge in [0.05, 0.1) is 42.3 Å². The van der Waals surface area contributed by atoms with Gasteiger partial charge in [-0.05, 0) is 79.3 Å². The summed E-state index contributed by atoms with van der Waals surface area (Å²) >= 11 is 6.61. The van der Waals surface area contributed by atoms with E-state index in [1.807, 2.05) is 42.1 Å². The molecule has 9 nitrogen and oxygen atoms in total. The van der Waals surface area contributed by atoms with Gasteiger partial charge in [0, 0.05) is 26.6 Å². The number of nitrogens with one attached hydrogen (secondary N) is 1. The molecule has 3 aromatic carbocycles. The lowest BCUT2D eigenvalue weighted by Gasteiger charge is -2.32. The van der Waals surface area contributed by atoms with Gasteiger partial charge in [0.25, 0.3) is 5.91 Å². The van der Waals surface area contributed by atoms with Crippen LogP contribution in [-0.4, -0.2) is 50.7 Å². The number of amides is 1. The predicted octanol–water partition coefficient (Wildman–Crippen LogP) is 7.40. The molecule has 0 radical (unpaired) electrons. The van der Waals surface area contributed by atoms with Crippen LogP contribution < -0.4 is 25.0 Å². The van der Waals surface area contributed by atoms with Gasteiger partial charge in [-0.1, -0.05) is 56.3 Å². The Balaban J connectivity index is 1.31. The van der Waals surface area contributed by atoms with Gasteiger partial charge in [0.1, 0.15) is 17.2 Å². The quantitative estimate of drug-likeness (QED) is 0.143. The molecular weight excluding hydrogens is 604 g/mol. The van der Waals surface area contributed by atoms with Crippen LogP contribution in [0.2, 0.25) is 5.02 Å². The molecule has 0 fully saturated rings. The van der Waals surface area contributed by atoms with Crippen molar-refractivity contribution in [3.63, 3.8) is 0 Å². The summed E-state index contributed by atoms with van der Waals surface area (Å²) in [5, 5.41) is 4.39. The van der Waals surface area contributed by atoms with Gasteiger partial charge in [0.15, 0.2) is 0 Å². The van der Waals surface area contributed by atoms with E-state index in [1.165, 1.54) is 24.8 Å². The van der Waals surface area contributed by atoms with Gasteiger partial charge in [-0.25, -0.2) is 0 Å². The van der Waals surface area contributed by atoms with E-state index in [-0.39, 0.29) is 11.9 Å². The van der Waals surface area contributed by atoms with Crippen molar-refractivity contribution in [2.75, 3.05) is 43.9 Å². The zero-order valence-electron chi connectivity index (χ0n) is 27.4. The Labute approximate surface area is 277 Å². The van der Waals surface area contributed by atoms with Crippen molar-refractivity contribution >= 4 is 40.5 Å². The molecule has 2 heterocycles. The summed E-state index contributed by atoms with van der Waals surface area (Å²) < 4.78 is 16.8. The number of esters is 1. The van der Waals surface area contributed by atoms with Crippen molar-refractivity contribution in [1.29, 1.82) is 0 Å². The minimum Gasteiger partial charge on any atom is -0.494 e. The van der Waals surface area contributed by atoms with Crippen molar-refractivity contribution in [1.82, 2.24) is 10.4 Å². The average molecular weight is 649 g/mol. The molecule has 0 bridgehead atoms. The molecular formula is C36H45ClN4O5. The van der Waals surface area contributed by atoms with Gasteiger partial charge in [-0.2, -0.15) is 0 Å². The van der Waals surface area contributed by atoms with Crippen LogP contribution >= 0.6 is 11.6 Å². The number of aryl methyl sites for hydroxylation is 1. The molecule has 3 aromatic rings. The van der Waals surface area contributed by atoms with E-state index in [0.29, 0.717) is 61.9 Å². The van der Waals surface area contributed by atoms with Crippen molar-refractivity contribution < 1.29 is 23.8 Å². The second-order valence-electron chi connectivity index (χ2n) is 11.8. The van der Waals surface area contributed by atoms with Crippen LogP contribution in [0.1, 0.15) is 79.4 Å². The summed E-state index contributed by atoms with van der Waals surface area (Å²) in [5.41, 5.74) is 10.0. The Bertz CT molecular complexity index is 1550. The Kier molecular flexibility index (Phi) is 11.3. The van der Waals surface area contributed by atoms with Crippen molar-refractivity contribution in [3.05, 3.63) is 75.8 Å². The highest BCUT2D eigenvalue weighted by atomic mass is 35.5. The zero-order valence-corrected chi connectivity index (χ0v) is 28.1. The smallest absolute Gasteiger partial charge is 0.306 e. The van der Waals surface area contributed by atoms with Gasteiger partial charge in [-0.3, -0.25) is 19.6 Å². The molecule has 0 unspecified atom stereocenters. The van der Waals surface area contributed by atoms with Gasteiger partial charge < -0.3 is 19.1 Å². The lowest BCUT2D eigenvalue weighted by atomic mass is 9.96. The lowest BCUT2D eigenvalue weighted by Crippen LogP contribution is -2.41. The number of benzene rings is 3. The number of rotatable bonds is 14. The molecule has 2 aliphatic rings. The van der Waals surface area contributed by atoms with E-state index in [1.54, 1.807) is 19.2 Å². The number of hydrogen-bond acceptors (Lipinski definition) is 8. The molecule has 0 spiro atoms. The number of fused-ring (bicyclic) bond motifs is 2. The SMILES string of the molecule is CCCCCCCOc1ccc(C(=O)N2CCc3c(cccc3N3NN(C)c4c(OC)cc(CCC(=O)OCC)cc43)C2)c(Cl)c1. The number of anilines is 3. The second-order valence-corrected chi connectivity index (χ2v) is 12.2. The van der Waals surface area contributed by atoms with Crippen LogP contribution in [0.4, 0.5) is 17.1 Å². The fourth-order valence-corrected chi connectivity index (χ4v) is 6.42. The van der Waals surface area contributed by atoms with Crippen molar-refractivity contribution in [3.8, 4) is 11.5 Å². The number of unbranched alkanes of at least 4 members (excludes halogenated alkanes) is 4. The van der Waals surface area contributed by atoms with Crippen LogP contribution in [-0.2, 0) is 28.9 Å². The summed E-state index contributed by atoms with van der Waals surface area (Å²) in [4.78, 5) is 27.5. The number of methoxy groups -OCH3 is 1. The number of carbonyl (C=O) groups is 2. The first-order valence-corrected chi connectivity index (χ1v) is 16.7. The second kappa shape index (κ2) is 15.6. The maximum atomic E-state index is 13.6. The van der Waals surface area contributed by atoms with Crippen LogP contribution in [0.15, 0.2) is 48.5 Å². The first-order valence-electron chi connectivity index (χ1n) is 16.3. The van der Waals surface area contributed by atoms with Gasteiger partial charge in [-0.15, -0.1) is 5.53 Å². The summed E-state index contributed by atoms with van der Waals surface area (Å²) in [6.07, 6.45) is 7.37. The highest BCUT2D eigenvalue weighted by Crippen LogP contribution is 2.46. The maximum absolute atomic E-state index is 13.6. The highest BCUT2D eigenvalue weighted by Gasteiger charge is 2.32. The fraction of sp³-hybridized carbons (Fsp3) is 0.444. The number of nitrogens with zero attached hydrogens (tertiary/aromatic N) is 3. The molecule has 5 rings (SSSR count). The maximum Gasteiger partial charge on any atom is 0.306 e. The standard InChI is InChI=1S/C36H45ClN4O5/c1-5-7-8-9-10-20-46-27-15-16-29(30(37)23-27)36(43)40-19-18-28-26(24-40)12-11-13-31(28)41-32-21-25(14-17-34(42)45-6-2)22-33(44-4)35(32)39(3)38-41/h11-13,15-16,21-23,38H,5-10,14,17-20,24H2,1-4H3. The monoisotopic (exact) mass is 648 g/mol. The highest BCUT2D eigenvalue weighted by molar-refractivity contribution is 6.34. The normalized spacial score (nSPS) is 13.8. The first-order chi connectivity index (χ1) is 22.3. The van der Waals surface area contributed by atoms with E-state index in [0.717, 1.165) is 46.8 Å². The zero-order chi connectivity index (χ0) is 32.6. The Morgan fingerprint density at radius 1 is 1.00 bits per heavy atom. The van der Waals surface area contributed by atoms with E-state index in [2.05, 4.69) is 35.7 Å². The molecule has 0 saturated heterocycles. The molecule has 0 aromatic heterocycles. The molecule has 1 amide bonds. The molecule has 246 valence electrons. The minimum absolute atomic E-state index is 0.0903. The summed E-state index contributed by atoms with van der Waals surface area (Å²) in [6.45, 7) is 6.07. The number of carbonyl (C=O) groups excluding carboxylic acids is 2. The lowest BCUT2D eigenvalue weighted by molar-refractivity contribution is -0.143. The van der Waals surface area contributed by atoms with E-state index < -0.39 is 0 Å². The average Bonchev–Trinajstić information content (AvgIpc) is 3.40. The van der Waals surface area contributed by atoms with Crippen molar-refractivity contribution in [2.24, 2.45) is 0 Å². The Morgan fingerprint density at radius 2 is 1.83 bits per heavy atom. The van der Waals surface area contributed by atoms with Crippen LogP contribution in [0.5, 0.6) is 11.5 Å². The van der Waals surface area contributed by atoms with Crippen LogP contribution in [0.25, 0.3) is 0 Å². The number of hydrazine groups is 2. The summed E-state index contributed by atoms with van der Waals surface area (Å²) in [7, 11) is 3.60. The number of ether oxygens (including phenoxy) is 3. The largest absolute Gasteiger partial charge is 0.494 e. The Hall–Kier alpha value is -3.95. The van der Waals surface area contributed by atoms with E-state index >= 15 is 0 Å². The van der Waals surface area contributed by atoms with Crippen LogP contribution in [0, 0.1) is 0 Å². The molecule has 2 aliphatic heterocycles. The summed E-state index contributed by atoms with van der Waals surface area (Å²) in [5.74, 6) is 1.10. The molecule has 0 saturated carbocycles. The number of hydrogen-bond donors (Lipinski definition) is 1.